The molecule has 0 saturated carbocycles. The fourth-order valence-corrected chi connectivity index (χ4v) is 5.77. The molecule has 1 unspecified atom stereocenters. The van der Waals surface area contributed by atoms with Crippen molar-refractivity contribution in [3.05, 3.63) is 70.9 Å². The Labute approximate surface area is 238 Å². The van der Waals surface area contributed by atoms with Gasteiger partial charge in [-0.2, -0.15) is 0 Å². The Morgan fingerprint density at radius 1 is 1.15 bits per heavy atom. The molecule has 3 aromatic rings. The number of para-hydroxylation sites is 1. The van der Waals surface area contributed by atoms with Gasteiger partial charge < -0.3 is 25.2 Å². The first-order valence-corrected chi connectivity index (χ1v) is 14.2. The number of rotatable bonds is 8. The highest BCUT2D eigenvalue weighted by atomic mass is 35.5. The Morgan fingerprint density at radius 2 is 1.93 bits per heavy atom. The monoisotopic (exact) mass is 560 g/mol. The minimum Gasteiger partial charge on any atom is -0.381 e. The molecule has 0 spiro atoms. The van der Waals surface area contributed by atoms with E-state index in [2.05, 4.69) is 37.6 Å². The van der Waals surface area contributed by atoms with Crippen molar-refractivity contribution in [1.82, 2.24) is 20.2 Å². The summed E-state index contributed by atoms with van der Waals surface area (Å²) < 4.78 is 5.43. The molecule has 3 aliphatic heterocycles. The normalized spacial score (nSPS) is 18.3. The van der Waals surface area contributed by atoms with Crippen molar-refractivity contribution in [2.45, 2.75) is 38.4 Å². The fourth-order valence-electron chi connectivity index (χ4n) is 5.57. The van der Waals surface area contributed by atoms with Crippen LogP contribution in [0.1, 0.15) is 35.7 Å². The maximum Gasteiger partial charge on any atom is 0.254 e. The van der Waals surface area contributed by atoms with E-state index in [1.807, 2.05) is 43.3 Å². The van der Waals surface area contributed by atoms with Crippen molar-refractivity contribution in [2.24, 2.45) is 5.92 Å². The largest absolute Gasteiger partial charge is 0.381 e. The van der Waals surface area contributed by atoms with Crippen LogP contribution in [-0.2, 0) is 16.1 Å². The Morgan fingerprint density at radius 3 is 2.70 bits per heavy atom. The molecule has 4 heterocycles. The van der Waals surface area contributed by atoms with E-state index in [4.69, 9.17) is 16.3 Å². The van der Waals surface area contributed by atoms with Crippen molar-refractivity contribution in [3.63, 3.8) is 0 Å². The lowest BCUT2D eigenvalue weighted by molar-refractivity contribution is -0.122. The first kappa shape index (κ1) is 26.5. The Hall–Kier alpha value is -3.69. The van der Waals surface area contributed by atoms with Crippen LogP contribution in [0.25, 0.3) is 11.3 Å². The zero-order chi connectivity index (χ0) is 27.6. The van der Waals surface area contributed by atoms with Crippen LogP contribution in [0.15, 0.2) is 54.7 Å². The molecule has 2 N–H and O–H groups in total. The summed E-state index contributed by atoms with van der Waals surface area (Å²) in [6.45, 7) is 5.69. The topological polar surface area (TPSA) is 99.7 Å². The molecule has 3 aliphatic rings. The number of halogens is 1. The molecule has 208 valence electrons. The smallest absolute Gasteiger partial charge is 0.254 e. The number of anilines is 2. The molecule has 2 amide bonds. The maximum atomic E-state index is 13.3. The lowest BCUT2D eigenvalue weighted by Crippen LogP contribution is -2.56. The number of aromatic nitrogens is 2. The first-order chi connectivity index (χ1) is 19.4. The van der Waals surface area contributed by atoms with Crippen molar-refractivity contribution in [1.29, 1.82) is 0 Å². The highest BCUT2D eigenvalue weighted by Gasteiger charge is 2.34. The predicted octanol–water partition coefficient (Wildman–Crippen LogP) is 3.98. The number of nitrogens with zero attached hydrogens (tertiary/aromatic N) is 4. The molecule has 0 aliphatic carbocycles. The molecule has 40 heavy (non-hydrogen) atoms. The Bertz CT molecular complexity index is 1390. The summed E-state index contributed by atoms with van der Waals surface area (Å²) in [4.78, 5) is 39.0. The van der Waals surface area contributed by atoms with Gasteiger partial charge in [-0.1, -0.05) is 41.9 Å². The summed E-state index contributed by atoms with van der Waals surface area (Å²) in [5.41, 5.74) is 3.97. The second kappa shape index (κ2) is 11.4. The van der Waals surface area contributed by atoms with E-state index in [-0.39, 0.29) is 30.4 Å². The number of amides is 2. The van der Waals surface area contributed by atoms with Crippen LogP contribution in [0.3, 0.4) is 0 Å². The van der Waals surface area contributed by atoms with Gasteiger partial charge >= 0.3 is 0 Å². The van der Waals surface area contributed by atoms with Crippen molar-refractivity contribution in [3.8, 4) is 11.3 Å². The summed E-state index contributed by atoms with van der Waals surface area (Å²) in [7, 11) is 0. The molecule has 0 radical (unpaired) electrons. The fraction of sp³-hybridized carbons (Fsp3) is 0.400. The van der Waals surface area contributed by atoms with Gasteiger partial charge in [-0.25, -0.2) is 9.97 Å². The number of nitrogens with one attached hydrogen (secondary N) is 2. The maximum absolute atomic E-state index is 13.3. The van der Waals surface area contributed by atoms with Crippen molar-refractivity contribution >= 4 is 35.1 Å². The highest BCUT2D eigenvalue weighted by molar-refractivity contribution is 6.33. The van der Waals surface area contributed by atoms with Gasteiger partial charge in [0.15, 0.2) is 0 Å². The van der Waals surface area contributed by atoms with E-state index in [0.717, 1.165) is 37.1 Å². The van der Waals surface area contributed by atoms with Crippen molar-refractivity contribution in [2.75, 3.05) is 43.1 Å². The molecule has 2 aromatic carbocycles. The van der Waals surface area contributed by atoms with Gasteiger partial charge in [-0.3, -0.25) is 9.59 Å². The van der Waals surface area contributed by atoms with E-state index in [1.54, 1.807) is 11.1 Å². The third-order valence-electron chi connectivity index (χ3n) is 8.02. The van der Waals surface area contributed by atoms with Gasteiger partial charge in [-0.05, 0) is 43.5 Å². The summed E-state index contributed by atoms with van der Waals surface area (Å²) >= 11 is 6.47. The molecule has 0 bridgehead atoms. The van der Waals surface area contributed by atoms with E-state index < -0.39 is 0 Å². The van der Waals surface area contributed by atoms with Crippen LogP contribution >= 0.6 is 11.6 Å². The second-order valence-corrected chi connectivity index (χ2v) is 11.2. The second-order valence-electron chi connectivity index (χ2n) is 10.8. The standard InChI is InChI=1S/C30H33ClN6O3/c1-19(22-16-36(17-22)24-5-3-2-4-6-24)33-27(38)18-37-15-21-8-7-20(13-25(21)29(37)39)28-26(31)14-32-30(35-28)34-23-9-11-40-12-10-23/h2-8,13-14,19,22-23H,9-12,15-18H2,1H3,(H,33,38)(H,32,34,35). The number of hydrogen-bond acceptors (Lipinski definition) is 7. The van der Waals surface area contributed by atoms with Crippen LogP contribution in [0.5, 0.6) is 0 Å². The number of carbonyl (C=O) groups is 2. The predicted molar refractivity (Wildman–Crippen MR) is 154 cm³/mol. The average molecular weight is 561 g/mol. The first-order valence-electron chi connectivity index (χ1n) is 13.8. The van der Waals surface area contributed by atoms with Gasteiger partial charge in [0.1, 0.15) is 6.54 Å². The van der Waals surface area contributed by atoms with E-state index >= 15 is 0 Å². The SMILES string of the molecule is CC(NC(=O)CN1Cc2ccc(-c3nc(NC4CCOCC4)ncc3Cl)cc2C1=O)C1CN(c2ccccc2)C1. The lowest BCUT2D eigenvalue weighted by Gasteiger charge is -2.44. The number of fused-ring (bicyclic) bond motifs is 1. The van der Waals surface area contributed by atoms with Gasteiger partial charge in [-0.15, -0.1) is 0 Å². The number of benzene rings is 2. The summed E-state index contributed by atoms with van der Waals surface area (Å²) in [5.74, 6) is 0.574. The summed E-state index contributed by atoms with van der Waals surface area (Å²) in [5, 5.41) is 6.88. The van der Waals surface area contributed by atoms with E-state index in [1.165, 1.54) is 5.69 Å². The molecule has 10 heteroatoms. The molecule has 9 nitrogen and oxygen atoms in total. The minimum absolute atomic E-state index is 0.0236. The number of ether oxygens (including phenoxy) is 1. The van der Waals surface area contributed by atoms with Crippen LogP contribution in [0.4, 0.5) is 11.6 Å². The van der Waals surface area contributed by atoms with Gasteiger partial charge in [0.2, 0.25) is 11.9 Å². The van der Waals surface area contributed by atoms with Crippen LogP contribution in [-0.4, -0.2) is 71.6 Å². The molecule has 6 rings (SSSR count). The van der Waals surface area contributed by atoms with Crippen molar-refractivity contribution < 1.29 is 14.3 Å². The molecule has 1 atom stereocenters. The highest BCUT2D eigenvalue weighted by Crippen LogP contribution is 2.32. The zero-order valence-electron chi connectivity index (χ0n) is 22.5. The third kappa shape index (κ3) is 5.62. The molecule has 1 aromatic heterocycles. The Balaban J connectivity index is 1.06. The molecule has 2 saturated heterocycles. The summed E-state index contributed by atoms with van der Waals surface area (Å²) in [6.07, 6.45) is 3.37. The quantitative estimate of drug-likeness (QED) is 0.430. The molecular formula is C30H33ClN6O3. The number of hydrogen-bond donors (Lipinski definition) is 2. The van der Waals surface area contributed by atoms with Gasteiger partial charge in [0.25, 0.3) is 5.91 Å². The number of carbonyl (C=O) groups excluding carboxylic acids is 2. The lowest BCUT2D eigenvalue weighted by atomic mass is 9.92. The third-order valence-corrected chi connectivity index (χ3v) is 8.30. The Kier molecular flexibility index (Phi) is 7.58. The van der Waals surface area contributed by atoms with Crippen LogP contribution in [0.2, 0.25) is 5.02 Å². The van der Waals surface area contributed by atoms with Crippen LogP contribution in [0, 0.1) is 5.92 Å². The average Bonchev–Trinajstić information content (AvgIpc) is 3.24. The van der Waals surface area contributed by atoms with Gasteiger partial charge in [0, 0.05) is 67.7 Å². The van der Waals surface area contributed by atoms with E-state index in [9.17, 15) is 9.59 Å². The zero-order valence-corrected chi connectivity index (χ0v) is 23.2. The summed E-state index contributed by atoms with van der Waals surface area (Å²) in [6, 6.07) is 16.2. The van der Waals surface area contributed by atoms with Gasteiger partial charge in [0.05, 0.1) is 16.9 Å². The van der Waals surface area contributed by atoms with Crippen LogP contribution < -0.4 is 15.5 Å². The van der Waals surface area contributed by atoms with E-state index in [0.29, 0.717) is 47.9 Å². The minimum atomic E-state index is -0.163. The molecular weight excluding hydrogens is 528 g/mol. The molecule has 2 fully saturated rings.